The van der Waals surface area contributed by atoms with Crippen molar-refractivity contribution >= 4 is 16.8 Å². The predicted molar refractivity (Wildman–Crippen MR) is 95.4 cm³/mol. The van der Waals surface area contributed by atoms with E-state index < -0.39 is 0 Å². The minimum atomic E-state index is 0.00288. The zero-order chi connectivity index (χ0) is 16.8. The highest BCUT2D eigenvalue weighted by molar-refractivity contribution is 6.06. The summed E-state index contributed by atoms with van der Waals surface area (Å²) in [5, 5.41) is 4.15. The Morgan fingerprint density at radius 2 is 2.12 bits per heavy atom. The maximum Gasteiger partial charge on any atom is 0.252 e. The standard InChI is InChI=1S/C20H23N3O2/c24-20(17-3-1-5-18-16(17)4-2-8-21-18)22-14-9-15-12-25-19(13-6-7-13)11-23(15)10-14/h1-5,8,13-15,19H,6-7,9-12H2,(H,22,24)/t14-,15-,19+/m0/s1. The SMILES string of the molecule is O=C(N[C@H]1C[C@H]2CO[C@@H](C3CC3)CN2C1)c1cccc2ncccc12. The van der Waals surface area contributed by atoms with Crippen LogP contribution in [0.25, 0.3) is 10.9 Å². The van der Waals surface area contributed by atoms with Gasteiger partial charge in [0, 0.05) is 42.3 Å². The van der Waals surface area contributed by atoms with Crippen LogP contribution < -0.4 is 5.32 Å². The Bertz CT molecular complexity index is 799. The smallest absolute Gasteiger partial charge is 0.252 e. The number of hydrogen-bond donors (Lipinski definition) is 1. The zero-order valence-electron chi connectivity index (χ0n) is 14.2. The minimum Gasteiger partial charge on any atom is -0.375 e. The Hall–Kier alpha value is -1.98. The molecule has 1 amide bonds. The van der Waals surface area contributed by atoms with Crippen LogP contribution >= 0.6 is 0 Å². The van der Waals surface area contributed by atoms with Gasteiger partial charge in [0.15, 0.2) is 0 Å². The number of rotatable bonds is 3. The minimum absolute atomic E-state index is 0.00288. The largest absolute Gasteiger partial charge is 0.375 e. The fourth-order valence-corrected chi connectivity index (χ4v) is 4.32. The zero-order valence-corrected chi connectivity index (χ0v) is 14.2. The van der Waals surface area contributed by atoms with Crippen LogP contribution in [0.4, 0.5) is 0 Å². The average Bonchev–Trinajstić information content (AvgIpc) is 3.41. The molecule has 5 heteroatoms. The van der Waals surface area contributed by atoms with E-state index in [1.807, 2.05) is 30.3 Å². The van der Waals surface area contributed by atoms with Crippen molar-refractivity contribution in [2.24, 2.45) is 5.92 Å². The van der Waals surface area contributed by atoms with Gasteiger partial charge in [-0.1, -0.05) is 12.1 Å². The van der Waals surface area contributed by atoms with Gasteiger partial charge in [-0.3, -0.25) is 14.7 Å². The molecule has 2 saturated heterocycles. The number of carbonyl (C=O) groups is 1. The molecule has 3 heterocycles. The lowest BCUT2D eigenvalue weighted by Crippen LogP contribution is -2.47. The summed E-state index contributed by atoms with van der Waals surface area (Å²) in [5.41, 5.74) is 1.57. The van der Waals surface area contributed by atoms with Crippen molar-refractivity contribution in [2.75, 3.05) is 19.7 Å². The van der Waals surface area contributed by atoms with Crippen molar-refractivity contribution in [2.45, 2.75) is 37.5 Å². The van der Waals surface area contributed by atoms with Crippen LogP contribution in [-0.4, -0.2) is 53.7 Å². The van der Waals surface area contributed by atoms with Crippen LogP contribution in [0.1, 0.15) is 29.6 Å². The molecule has 0 bridgehead atoms. The molecule has 3 fully saturated rings. The van der Waals surface area contributed by atoms with E-state index in [1.54, 1.807) is 6.20 Å². The molecule has 1 aromatic heterocycles. The van der Waals surface area contributed by atoms with Crippen LogP contribution in [0.3, 0.4) is 0 Å². The average molecular weight is 337 g/mol. The number of nitrogens with zero attached hydrogens (tertiary/aromatic N) is 2. The summed E-state index contributed by atoms with van der Waals surface area (Å²) in [6.07, 6.45) is 5.79. The van der Waals surface area contributed by atoms with E-state index in [1.165, 1.54) is 12.8 Å². The summed E-state index contributed by atoms with van der Waals surface area (Å²) < 4.78 is 6.05. The molecule has 1 aromatic carbocycles. The molecule has 2 aromatic rings. The van der Waals surface area contributed by atoms with E-state index in [4.69, 9.17) is 4.74 Å². The first-order valence-corrected chi connectivity index (χ1v) is 9.28. The van der Waals surface area contributed by atoms with E-state index in [0.29, 0.717) is 17.7 Å². The summed E-state index contributed by atoms with van der Waals surface area (Å²) in [4.78, 5) is 19.7. The number of morpholine rings is 1. The highest BCUT2D eigenvalue weighted by Gasteiger charge is 2.42. The van der Waals surface area contributed by atoms with Crippen molar-refractivity contribution in [1.29, 1.82) is 0 Å². The molecule has 1 saturated carbocycles. The quantitative estimate of drug-likeness (QED) is 0.933. The Morgan fingerprint density at radius 1 is 1.20 bits per heavy atom. The molecule has 5 rings (SSSR count). The molecule has 3 aliphatic rings. The maximum atomic E-state index is 12.8. The van der Waals surface area contributed by atoms with Gasteiger partial charge in [0.05, 0.1) is 18.2 Å². The van der Waals surface area contributed by atoms with Gasteiger partial charge in [-0.2, -0.15) is 0 Å². The lowest BCUT2D eigenvalue weighted by Gasteiger charge is -2.35. The van der Waals surface area contributed by atoms with Gasteiger partial charge in [0.25, 0.3) is 5.91 Å². The number of hydrogen-bond acceptors (Lipinski definition) is 4. The molecule has 0 unspecified atom stereocenters. The predicted octanol–water partition coefficient (Wildman–Crippen LogP) is 2.22. The van der Waals surface area contributed by atoms with Crippen LogP contribution in [0.15, 0.2) is 36.5 Å². The number of ether oxygens (including phenoxy) is 1. The number of aromatic nitrogens is 1. The molecule has 5 nitrogen and oxygen atoms in total. The van der Waals surface area contributed by atoms with E-state index in [2.05, 4.69) is 15.2 Å². The molecule has 2 aliphatic heterocycles. The fourth-order valence-electron chi connectivity index (χ4n) is 4.32. The third kappa shape index (κ3) is 2.92. The van der Waals surface area contributed by atoms with Crippen molar-refractivity contribution in [3.05, 3.63) is 42.1 Å². The first-order valence-electron chi connectivity index (χ1n) is 9.28. The summed E-state index contributed by atoms with van der Waals surface area (Å²) in [6, 6.07) is 10.2. The highest BCUT2D eigenvalue weighted by Crippen LogP contribution is 2.37. The topological polar surface area (TPSA) is 54.5 Å². The van der Waals surface area contributed by atoms with Crippen molar-refractivity contribution in [1.82, 2.24) is 15.2 Å². The lowest BCUT2D eigenvalue weighted by molar-refractivity contribution is -0.0581. The highest BCUT2D eigenvalue weighted by atomic mass is 16.5. The number of pyridine rings is 1. The Labute approximate surface area is 147 Å². The number of fused-ring (bicyclic) bond motifs is 2. The summed E-state index contributed by atoms with van der Waals surface area (Å²) in [7, 11) is 0. The van der Waals surface area contributed by atoms with Gasteiger partial charge in [-0.15, -0.1) is 0 Å². The summed E-state index contributed by atoms with van der Waals surface area (Å²) in [6.45, 7) is 2.78. The Kier molecular flexibility index (Phi) is 3.71. The van der Waals surface area contributed by atoms with E-state index in [-0.39, 0.29) is 11.9 Å². The first kappa shape index (κ1) is 15.3. The normalized spacial score (nSPS) is 29.5. The number of carbonyl (C=O) groups excluding carboxylic acids is 1. The Morgan fingerprint density at radius 3 is 3.00 bits per heavy atom. The van der Waals surface area contributed by atoms with Crippen molar-refractivity contribution in [3.8, 4) is 0 Å². The van der Waals surface area contributed by atoms with Crippen LogP contribution in [0.2, 0.25) is 0 Å². The molecule has 1 aliphatic carbocycles. The van der Waals surface area contributed by atoms with Gasteiger partial charge in [0.2, 0.25) is 0 Å². The maximum absolute atomic E-state index is 12.8. The monoisotopic (exact) mass is 337 g/mol. The summed E-state index contributed by atoms with van der Waals surface area (Å²) >= 11 is 0. The molecule has 130 valence electrons. The van der Waals surface area contributed by atoms with Gasteiger partial charge >= 0.3 is 0 Å². The third-order valence-corrected chi connectivity index (χ3v) is 5.82. The molecule has 0 radical (unpaired) electrons. The second kappa shape index (κ2) is 6.07. The van der Waals surface area contributed by atoms with Crippen LogP contribution in [-0.2, 0) is 4.74 Å². The van der Waals surface area contributed by atoms with Gasteiger partial charge in [-0.05, 0) is 43.4 Å². The second-order valence-electron chi connectivity index (χ2n) is 7.60. The van der Waals surface area contributed by atoms with E-state index >= 15 is 0 Å². The van der Waals surface area contributed by atoms with E-state index in [0.717, 1.165) is 42.9 Å². The van der Waals surface area contributed by atoms with E-state index in [9.17, 15) is 4.79 Å². The number of amides is 1. The molecular formula is C20H23N3O2. The third-order valence-electron chi connectivity index (χ3n) is 5.82. The lowest BCUT2D eigenvalue weighted by atomic mass is 10.1. The molecule has 0 spiro atoms. The van der Waals surface area contributed by atoms with Gasteiger partial charge in [-0.25, -0.2) is 0 Å². The van der Waals surface area contributed by atoms with Gasteiger partial charge < -0.3 is 10.1 Å². The van der Waals surface area contributed by atoms with Crippen LogP contribution in [0, 0.1) is 5.92 Å². The second-order valence-corrected chi connectivity index (χ2v) is 7.60. The van der Waals surface area contributed by atoms with Crippen molar-refractivity contribution in [3.63, 3.8) is 0 Å². The molecule has 25 heavy (non-hydrogen) atoms. The van der Waals surface area contributed by atoms with Gasteiger partial charge in [0.1, 0.15) is 0 Å². The summed E-state index contributed by atoms with van der Waals surface area (Å²) in [5.74, 6) is 0.779. The molecule has 1 N–H and O–H groups in total. The first-order chi connectivity index (χ1) is 12.3. The van der Waals surface area contributed by atoms with Crippen molar-refractivity contribution < 1.29 is 9.53 Å². The van der Waals surface area contributed by atoms with Crippen LogP contribution in [0.5, 0.6) is 0 Å². The fraction of sp³-hybridized carbons (Fsp3) is 0.500. The Balaban J connectivity index is 1.28. The molecule has 3 atom stereocenters. The molecular weight excluding hydrogens is 314 g/mol. The number of nitrogens with one attached hydrogen (secondary N) is 1. The number of benzene rings is 1.